The van der Waals surface area contributed by atoms with Gasteiger partial charge in [-0.1, -0.05) is 48.5 Å². The van der Waals surface area contributed by atoms with E-state index < -0.39 is 0 Å². The van der Waals surface area contributed by atoms with Gasteiger partial charge in [-0.3, -0.25) is 0 Å². The van der Waals surface area contributed by atoms with Crippen molar-refractivity contribution in [2.45, 2.75) is 0 Å². The van der Waals surface area contributed by atoms with E-state index in [9.17, 15) is 0 Å². The van der Waals surface area contributed by atoms with Gasteiger partial charge in [0.25, 0.3) is 0 Å². The first-order chi connectivity index (χ1) is 33.3. The summed E-state index contributed by atoms with van der Waals surface area (Å²) >= 11 is 3.68. The Bertz CT molecular complexity index is 3790. The maximum absolute atomic E-state index is 4.06. The SMILES string of the molecule is C[n+]1cc(C2=c3ccc(s3)=C(c3cc4ccccc4[n+](C)c3)c3ccc([nH]3)C(c3cc4ccccc4[n+](C)c3)=c3ccc(s3)=C(c3cc4ccccc4[n+](C)c3)c3ccc2[nH]3)cc2ccccc21. The fourth-order valence-electron chi connectivity index (χ4n) is 10.5. The van der Waals surface area contributed by atoms with Crippen LogP contribution in [0.1, 0.15) is 45.0 Å². The van der Waals surface area contributed by atoms with Gasteiger partial charge in [0.1, 0.15) is 28.2 Å². The molecule has 0 radical (unpaired) electrons. The second-order valence-corrected chi connectivity index (χ2v) is 20.2. The molecule has 8 aromatic heterocycles. The molecule has 0 unspecified atom stereocenters. The molecular weight excluding hydrogens is 869 g/mol. The fourth-order valence-corrected chi connectivity index (χ4v) is 12.8. The van der Waals surface area contributed by atoms with Crippen LogP contribution in [-0.2, 0) is 28.2 Å². The lowest BCUT2D eigenvalue weighted by atomic mass is 10.0. The standard InChI is InChI=1S/C60H46N6S2/c1-63-33-41(29-37-13-5-9-17-49(37)63)57-45-21-22-46(61-45)58(42-30-38-14-6-10-18-50(38)64(2)34-42)55-27-28-56(68-55)60(44-32-40-16-8-12-20-52(40)66(4)36-44)48-24-23-47(62-48)59(54-26-25-53(57)67-54)43-31-39-15-7-11-19-51(39)65(3)35-43/h5-36,61-62H,1-4H3/q+4. The number of pyridine rings is 4. The maximum Gasteiger partial charge on any atom is 0.212 e. The van der Waals surface area contributed by atoms with Crippen LogP contribution in [0.3, 0.4) is 0 Å². The summed E-state index contributed by atoms with van der Waals surface area (Å²) in [6.07, 6.45) is 9.13. The van der Waals surface area contributed by atoms with Crippen molar-refractivity contribution in [3.8, 4) is 0 Å². The number of aryl methyl sites for hydroxylation is 4. The van der Waals surface area contributed by atoms with Crippen molar-refractivity contribution in [3.63, 3.8) is 0 Å². The van der Waals surface area contributed by atoms with Crippen LogP contribution in [0.25, 0.3) is 65.9 Å². The normalized spacial score (nSPS) is 12.9. The van der Waals surface area contributed by atoms with Crippen molar-refractivity contribution >= 4 is 88.6 Å². The van der Waals surface area contributed by atoms with Crippen molar-refractivity contribution in [1.82, 2.24) is 9.97 Å². The molecule has 12 aromatic rings. The number of nitrogens with zero attached hydrogens (tertiary/aromatic N) is 4. The monoisotopic (exact) mass is 914 g/mol. The minimum absolute atomic E-state index is 1.06. The highest BCUT2D eigenvalue weighted by Crippen LogP contribution is 2.31. The molecule has 68 heavy (non-hydrogen) atoms. The third-order valence-electron chi connectivity index (χ3n) is 13.6. The lowest BCUT2D eigenvalue weighted by Gasteiger charge is -2.09. The topological polar surface area (TPSA) is 47.1 Å². The Labute approximate surface area is 400 Å². The number of aromatic nitrogens is 6. The molecule has 0 spiro atoms. The van der Waals surface area contributed by atoms with Gasteiger partial charge in [0.05, 0.1) is 0 Å². The summed E-state index contributed by atoms with van der Waals surface area (Å²) in [4.78, 5) is 8.12. The molecular formula is C60H46N6S2+4. The van der Waals surface area contributed by atoms with E-state index in [2.05, 4.69) is 251 Å². The van der Waals surface area contributed by atoms with Crippen molar-refractivity contribution in [2.75, 3.05) is 0 Å². The summed E-state index contributed by atoms with van der Waals surface area (Å²) < 4.78 is 13.7. The van der Waals surface area contributed by atoms with E-state index in [1.807, 2.05) is 22.7 Å². The largest absolute Gasteiger partial charge is 0.354 e. The molecule has 0 aliphatic carbocycles. The third kappa shape index (κ3) is 6.67. The van der Waals surface area contributed by atoms with Crippen molar-refractivity contribution in [2.24, 2.45) is 28.2 Å². The molecule has 324 valence electrons. The Morgan fingerprint density at radius 2 is 0.529 bits per heavy atom. The number of hydrogen-bond acceptors (Lipinski definition) is 2. The Kier molecular flexibility index (Phi) is 9.35. The first-order valence-electron chi connectivity index (χ1n) is 22.9. The smallest absolute Gasteiger partial charge is 0.212 e. The van der Waals surface area contributed by atoms with E-state index in [4.69, 9.17) is 0 Å². The van der Waals surface area contributed by atoms with Crippen LogP contribution in [0.2, 0.25) is 0 Å². The lowest BCUT2D eigenvalue weighted by molar-refractivity contribution is -0.645. The van der Waals surface area contributed by atoms with E-state index in [0.29, 0.717) is 0 Å². The van der Waals surface area contributed by atoms with Gasteiger partial charge in [0.15, 0.2) is 24.8 Å². The van der Waals surface area contributed by atoms with Crippen LogP contribution in [0.4, 0.5) is 0 Å². The van der Waals surface area contributed by atoms with Crippen LogP contribution in [0.15, 0.2) is 195 Å². The molecule has 0 amide bonds. The summed E-state index contributed by atoms with van der Waals surface area (Å²) in [5.74, 6) is 0. The Hall–Kier alpha value is -8.04. The molecule has 1 aliphatic heterocycles. The van der Waals surface area contributed by atoms with Gasteiger partial charge in [0.2, 0.25) is 22.1 Å². The van der Waals surface area contributed by atoms with Crippen LogP contribution < -0.4 is 36.4 Å². The van der Waals surface area contributed by atoms with Gasteiger partial charge in [-0.2, -0.15) is 0 Å². The van der Waals surface area contributed by atoms with Crippen LogP contribution in [-0.4, -0.2) is 9.97 Å². The Morgan fingerprint density at radius 1 is 0.294 bits per heavy atom. The van der Waals surface area contributed by atoms with Crippen molar-refractivity contribution in [1.29, 1.82) is 0 Å². The van der Waals surface area contributed by atoms with E-state index in [0.717, 1.165) is 67.3 Å². The quantitative estimate of drug-likeness (QED) is 0.171. The summed E-state index contributed by atoms with van der Waals surface area (Å²) in [6, 6.07) is 62.4. The number of rotatable bonds is 4. The molecule has 2 N–H and O–H groups in total. The van der Waals surface area contributed by atoms with Crippen molar-refractivity contribution in [3.05, 3.63) is 258 Å². The highest BCUT2D eigenvalue weighted by atomic mass is 32.1. The number of nitrogens with one attached hydrogen (secondary N) is 2. The third-order valence-corrected chi connectivity index (χ3v) is 15.9. The summed E-state index contributed by atoms with van der Waals surface area (Å²) in [5.41, 5.74) is 18.2. The van der Waals surface area contributed by atoms with Gasteiger partial charge in [0, 0.05) is 131 Å². The molecule has 1 aliphatic rings. The number of fused-ring (bicyclic) bond motifs is 12. The minimum Gasteiger partial charge on any atom is -0.354 e. The zero-order valence-electron chi connectivity index (χ0n) is 38.1. The summed E-state index contributed by atoms with van der Waals surface area (Å²) in [7, 11) is 8.61. The molecule has 13 rings (SSSR count). The predicted molar refractivity (Wildman–Crippen MR) is 276 cm³/mol. The number of para-hydroxylation sites is 4. The number of thiophene rings is 2. The Morgan fingerprint density at radius 3 is 0.779 bits per heavy atom. The molecule has 6 nitrogen and oxygen atoms in total. The van der Waals surface area contributed by atoms with E-state index in [1.165, 1.54) is 61.7 Å². The summed E-state index contributed by atoms with van der Waals surface area (Å²) in [6.45, 7) is 0. The number of hydrogen-bond donors (Lipinski definition) is 2. The van der Waals surface area contributed by atoms with Crippen LogP contribution in [0, 0.1) is 0 Å². The second-order valence-electron chi connectivity index (χ2n) is 18.0. The molecule has 0 saturated carbocycles. The first-order valence-corrected chi connectivity index (χ1v) is 24.6. The van der Waals surface area contributed by atoms with E-state index in [-0.39, 0.29) is 0 Å². The second kappa shape index (κ2) is 15.8. The molecule has 8 heteroatoms. The van der Waals surface area contributed by atoms with Gasteiger partial charge in [-0.05, 0) is 97.1 Å². The van der Waals surface area contributed by atoms with Gasteiger partial charge in [-0.25, -0.2) is 18.3 Å². The number of aromatic amines is 2. The average Bonchev–Trinajstić information content (AvgIpc) is 4.21. The number of benzene rings is 4. The highest BCUT2D eigenvalue weighted by Gasteiger charge is 2.24. The first kappa shape index (κ1) is 40.3. The predicted octanol–water partition coefficient (Wildman–Crippen LogP) is 7.68. The zero-order valence-corrected chi connectivity index (χ0v) is 39.7. The van der Waals surface area contributed by atoms with Crippen LogP contribution >= 0.6 is 22.7 Å². The van der Waals surface area contributed by atoms with E-state index in [1.54, 1.807) is 0 Å². The molecule has 0 saturated heterocycles. The van der Waals surface area contributed by atoms with Gasteiger partial charge in [-0.15, -0.1) is 22.7 Å². The lowest BCUT2D eigenvalue weighted by Crippen LogP contribution is -2.29. The fraction of sp³-hybridized carbons (Fsp3) is 0.0667. The zero-order chi connectivity index (χ0) is 45.6. The minimum atomic E-state index is 1.06. The molecule has 0 atom stereocenters. The molecule has 9 heterocycles. The van der Waals surface area contributed by atoms with Gasteiger partial charge < -0.3 is 9.97 Å². The maximum atomic E-state index is 4.06. The van der Waals surface area contributed by atoms with Gasteiger partial charge >= 0.3 is 0 Å². The van der Waals surface area contributed by atoms with Crippen molar-refractivity contribution < 1.29 is 18.3 Å². The highest BCUT2D eigenvalue weighted by molar-refractivity contribution is 7.08. The molecule has 8 bridgehead atoms. The summed E-state index contributed by atoms with van der Waals surface area (Å²) in [5, 5.41) is 4.78. The average molecular weight is 915 g/mol. The van der Waals surface area contributed by atoms with E-state index >= 15 is 0 Å². The molecule has 4 aromatic carbocycles. The molecule has 0 fully saturated rings. The Balaban J connectivity index is 1.18. The number of H-pyrrole nitrogens is 2. The van der Waals surface area contributed by atoms with Crippen LogP contribution in [0.5, 0.6) is 0 Å².